The topological polar surface area (TPSA) is 9.23 Å². The Balaban J connectivity index is 2.92. The summed E-state index contributed by atoms with van der Waals surface area (Å²) in [7, 11) is 1.66. The molecular weight excluding hydrogens is 88.1 g/mol. The van der Waals surface area contributed by atoms with Gasteiger partial charge in [0.05, 0.1) is 6.61 Å². The Morgan fingerprint density at radius 2 is 2.43 bits per heavy atom. The summed E-state index contributed by atoms with van der Waals surface area (Å²) in [6.45, 7) is 4.16. The summed E-state index contributed by atoms with van der Waals surface area (Å²) in [5.74, 6) is 0. The maximum Gasteiger partial charge on any atom is 0.0646 e. The van der Waals surface area contributed by atoms with Gasteiger partial charge in [0.1, 0.15) is 0 Å². The SMILES string of the molecule is C=C/C=C/COC. The Labute approximate surface area is 44.3 Å². The molecule has 0 aliphatic heterocycles. The van der Waals surface area contributed by atoms with Gasteiger partial charge in [0.25, 0.3) is 0 Å². The number of methoxy groups -OCH3 is 1. The average Bonchev–Trinajstić information content (AvgIpc) is 1.69. The fourth-order valence-corrected chi connectivity index (χ4v) is 0.248. The van der Waals surface area contributed by atoms with E-state index in [9.17, 15) is 0 Å². The number of hydrogen-bond donors (Lipinski definition) is 0. The van der Waals surface area contributed by atoms with Crippen molar-refractivity contribution in [1.82, 2.24) is 0 Å². The molecule has 0 spiro atoms. The average molecular weight is 98.1 g/mol. The molecule has 0 fully saturated rings. The van der Waals surface area contributed by atoms with Crippen molar-refractivity contribution in [3.8, 4) is 0 Å². The zero-order valence-electron chi connectivity index (χ0n) is 4.55. The highest BCUT2D eigenvalue weighted by Gasteiger charge is 1.63. The van der Waals surface area contributed by atoms with Gasteiger partial charge in [-0.05, 0) is 0 Å². The van der Waals surface area contributed by atoms with E-state index in [1.807, 2.05) is 12.2 Å². The molecule has 0 rings (SSSR count). The molecule has 0 N–H and O–H groups in total. The van der Waals surface area contributed by atoms with Crippen LogP contribution in [0.2, 0.25) is 0 Å². The molecule has 0 atom stereocenters. The monoisotopic (exact) mass is 98.1 g/mol. The van der Waals surface area contributed by atoms with E-state index in [4.69, 9.17) is 4.74 Å². The molecule has 40 valence electrons. The lowest BCUT2D eigenvalue weighted by atomic mass is 10.5. The minimum atomic E-state index is 0.673. The minimum Gasteiger partial charge on any atom is -0.381 e. The van der Waals surface area contributed by atoms with Gasteiger partial charge in [0, 0.05) is 7.11 Å². The largest absolute Gasteiger partial charge is 0.381 e. The van der Waals surface area contributed by atoms with Crippen LogP contribution in [-0.4, -0.2) is 13.7 Å². The molecule has 1 heteroatoms. The highest BCUT2D eigenvalue weighted by Crippen LogP contribution is 1.72. The summed E-state index contributed by atoms with van der Waals surface area (Å²) >= 11 is 0. The molecule has 7 heavy (non-hydrogen) atoms. The molecule has 0 aromatic rings. The van der Waals surface area contributed by atoms with Crippen LogP contribution in [0.3, 0.4) is 0 Å². The Hall–Kier alpha value is -0.560. The van der Waals surface area contributed by atoms with E-state index in [0.29, 0.717) is 6.61 Å². The molecule has 0 saturated heterocycles. The van der Waals surface area contributed by atoms with Crippen LogP contribution in [0.15, 0.2) is 24.8 Å². The molecule has 0 unspecified atom stereocenters. The van der Waals surface area contributed by atoms with Crippen LogP contribution in [-0.2, 0) is 4.74 Å². The van der Waals surface area contributed by atoms with Crippen LogP contribution in [0.25, 0.3) is 0 Å². The van der Waals surface area contributed by atoms with Crippen LogP contribution >= 0.6 is 0 Å². The Bertz CT molecular complexity index is 64.6. The first kappa shape index (κ1) is 6.44. The smallest absolute Gasteiger partial charge is 0.0646 e. The van der Waals surface area contributed by atoms with Crippen LogP contribution in [0.5, 0.6) is 0 Å². The molecule has 1 nitrogen and oxygen atoms in total. The molecule has 0 aliphatic rings. The van der Waals surface area contributed by atoms with Crippen molar-refractivity contribution in [2.75, 3.05) is 13.7 Å². The summed E-state index contributed by atoms with van der Waals surface area (Å²) in [5.41, 5.74) is 0. The lowest BCUT2D eigenvalue weighted by Gasteiger charge is -1.82. The molecule has 0 radical (unpaired) electrons. The summed E-state index contributed by atoms with van der Waals surface area (Å²) in [6.07, 6.45) is 5.47. The number of ether oxygens (including phenoxy) is 1. The van der Waals surface area contributed by atoms with Crippen LogP contribution in [0.4, 0.5) is 0 Å². The van der Waals surface area contributed by atoms with Gasteiger partial charge in [0.2, 0.25) is 0 Å². The predicted molar refractivity (Wildman–Crippen MR) is 31.2 cm³/mol. The van der Waals surface area contributed by atoms with Gasteiger partial charge < -0.3 is 4.74 Å². The highest BCUT2D eigenvalue weighted by atomic mass is 16.5. The Kier molecular flexibility index (Phi) is 5.00. The van der Waals surface area contributed by atoms with Crippen molar-refractivity contribution >= 4 is 0 Å². The van der Waals surface area contributed by atoms with Crippen molar-refractivity contribution in [3.63, 3.8) is 0 Å². The number of rotatable bonds is 3. The number of allylic oxidation sites excluding steroid dienone is 2. The summed E-state index contributed by atoms with van der Waals surface area (Å²) in [6, 6.07) is 0. The fourth-order valence-electron chi connectivity index (χ4n) is 0.248. The molecule has 0 aromatic heterocycles. The van der Waals surface area contributed by atoms with Crippen LogP contribution in [0, 0.1) is 0 Å². The van der Waals surface area contributed by atoms with E-state index in [-0.39, 0.29) is 0 Å². The van der Waals surface area contributed by atoms with E-state index in [2.05, 4.69) is 6.58 Å². The van der Waals surface area contributed by atoms with E-state index in [0.717, 1.165) is 0 Å². The van der Waals surface area contributed by atoms with Crippen molar-refractivity contribution in [3.05, 3.63) is 24.8 Å². The second kappa shape index (κ2) is 5.44. The standard InChI is InChI=1S/C6H10O/c1-3-4-5-6-7-2/h3-5H,1,6H2,2H3/b5-4+. The van der Waals surface area contributed by atoms with Crippen molar-refractivity contribution in [2.24, 2.45) is 0 Å². The zero-order valence-corrected chi connectivity index (χ0v) is 4.55. The fraction of sp³-hybridized carbons (Fsp3) is 0.333. The first-order valence-corrected chi connectivity index (χ1v) is 2.18. The third-order valence-electron chi connectivity index (χ3n) is 0.535. The maximum atomic E-state index is 4.71. The summed E-state index contributed by atoms with van der Waals surface area (Å²) in [5, 5.41) is 0. The highest BCUT2D eigenvalue weighted by molar-refractivity contribution is 4.96. The van der Waals surface area contributed by atoms with Gasteiger partial charge >= 0.3 is 0 Å². The number of hydrogen-bond acceptors (Lipinski definition) is 1. The molecule has 0 bridgehead atoms. The molecule has 0 aliphatic carbocycles. The van der Waals surface area contributed by atoms with Gasteiger partial charge in [-0.1, -0.05) is 24.8 Å². The second-order valence-electron chi connectivity index (χ2n) is 1.12. The quantitative estimate of drug-likeness (QED) is 0.484. The van der Waals surface area contributed by atoms with Gasteiger partial charge in [-0.25, -0.2) is 0 Å². The zero-order chi connectivity index (χ0) is 5.54. The lowest BCUT2D eigenvalue weighted by Crippen LogP contribution is -1.78. The lowest BCUT2D eigenvalue weighted by molar-refractivity contribution is 0.234. The van der Waals surface area contributed by atoms with Crippen molar-refractivity contribution < 1.29 is 4.74 Å². The van der Waals surface area contributed by atoms with E-state index >= 15 is 0 Å². The Morgan fingerprint density at radius 1 is 1.71 bits per heavy atom. The minimum absolute atomic E-state index is 0.673. The first-order valence-electron chi connectivity index (χ1n) is 2.18. The molecular formula is C6H10O. The molecule has 0 saturated carbocycles. The molecule has 0 amide bonds. The van der Waals surface area contributed by atoms with Gasteiger partial charge in [0.15, 0.2) is 0 Å². The molecule has 0 aromatic carbocycles. The molecule has 0 heterocycles. The first-order chi connectivity index (χ1) is 3.41. The van der Waals surface area contributed by atoms with Crippen molar-refractivity contribution in [1.29, 1.82) is 0 Å². The maximum absolute atomic E-state index is 4.71. The normalized spacial score (nSPS) is 9.86. The van der Waals surface area contributed by atoms with Crippen LogP contribution < -0.4 is 0 Å². The Morgan fingerprint density at radius 3 is 2.86 bits per heavy atom. The van der Waals surface area contributed by atoms with Gasteiger partial charge in [-0.2, -0.15) is 0 Å². The van der Waals surface area contributed by atoms with E-state index in [1.165, 1.54) is 0 Å². The van der Waals surface area contributed by atoms with Gasteiger partial charge in [-0.3, -0.25) is 0 Å². The third kappa shape index (κ3) is 5.44. The summed E-state index contributed by atoms with van der Waals surface area (Å²) < 4.78 is 4.71. The van der Waals surface area contributed by atoms with Gasteiger partial charge in [-0.15, -0.1) is 0 Å². The summed E-state index contributed by atoms with van der Waals surface area (Å²) in [4.78, 5) is 0. The van der Waals surface area contributed by atoms with Crippen LogP contribution in [0.1, 0.15) is 0 Å². The predicted octanol–water partition coefficient (Wildman–Crippen LogP) is 1.37. The third-order valence-corrected chi connectivity index (χ3v) is 0.535. The van der Waals surface area contributed by atoms with E-state index in [1.54, 1.807) is 13.2 Å². The van der Waals surface area contributed by atoms with E-state index < -0.39 is 0 Å². The van der Waals surface area contributed by atoms with Crippen molar-refractivity contribution in [2.45, 2.75) is 0 Å². The second-order valence-corrected chi connectivity index (χ2v) is 1.12.